The van der Waals surface area contributed by atoms with Crippen molar-refractivity contribution >= 4 is 40.8 Å². The molecular formula is C18H18F2N6O2S. The molecule has 11 heteroatoms. The summed E-state index contributed by atoms with van der Waals surface area (Å²) in [6, 6.07) is 3.41. The molecule has 2 aromatic heterocycles. The fourth-order valence-electron chi connectivity index (χ4n) is 2.73. The number of aliphatic hydroxyl groups excluding tert-OH is 1. The average Bonchev–Trinajstić information content (AvgIpc) is 3.11. The van der Waals surface area contributed by atoms with Crippen molar-refractivity contribution in [3.63, 3.8) is 0 Å². The summed E-state index contributed by atoms with van der Waals surface area (Å²) in [5.74, 6) is -1.01. The Labute approximate surface area is 169 Å². The van der Waals surface area contributed by atoms with Crippen molar-refractivity contribution < 1.29 is 18.2 Å². The number of nitrogens with one attached hydrogen (secondary N) is 3. The lowest BCUT2D eigenvalue weighted by Gasteiger charge is -2.11. The van der Waals surface area contributed by atoms with Crippen LogP contribution in [0.1, 0.15) is 28.5 Å². The molecular weight excluding hydrogens is 402 g/mol. The number of fused-ring (bicyclic) bond motifs is 1. The van der Waals surface area contributed by atoms with Crippen molar-refractivity contribution in [1.29, 1.82) is 5.41 Å². The third-order valence-corrected chi connectivity index (χ3v) is 4.64. The van der Waals surface area contributed by atoms with Crippen molar-refractivity contribution in [2.75, 3.05) is 19.0 Å². The summed E-state index contributed by atoms with van der Waals surface area (Å²) in [5.41, 5.74) is 1.15. The van der Waals surface area contributed by atoms with E-state index in [9.17, 15) is 13.1 Å². The molecule has 1 aromatic carbocycles. The SMILES string of the molecule is CNc1cc(F)ccc1C(=N)c1cnc2c(n1)c(C(=O)NC(C)CO)cn2SF. The number of nitrogens with zero attached hydrogens (tertiary/aromatic N) is 3. The number of amides is 1. The molecule has 29 heavy (non-hydrogen) atoms. The van der Waals surface area contributed by atoms with Crippen LogP contribution in [0.25, 0.3) is 11.2 Å². The van der Waals surface area contributed by atoms with Crippen LogP contribution in [0.2, 0.25) is 0 Å². The van der Waals surface area contributed by atoms with Gasteiger partial charge in [-0.3, -0.25) is 10.2 Å². The number of benzene rings is 1. The van der Waals surface area contributed by atoms with Crippen LogP contribution in [0.15, 0.2) is 30.6 Å². The highest BCUT2D eigenvalue weighted by molar-refractivity contribution is 7.92. The number of aromatic nitrogens is 3. The first-order valence-electron chi connectivity index (χ1n) is 8.55. The maximum absolute atomic E-state index is 13.5. The smallest absolute Gasteiger partial charge is 0.255 e. The quantitative estimate of drug-likeness (QED) is 0.437. The molecule has 2 heterocycles. The van der Waals surface area contributed by atoms with Crippen molar-refractivity contribution in [3.8, 4) is 0 Å². The normalized spacial score (nSPS) is 12.0. The minimum Gasteiger partial charge on any atom is -0.394 e. The molecule has 0 saturated heterocycles. The van der Waals surface area contributed by atoms with Gasteiger partial charge in [-0.1, -0.05) is 0 Å². The van der Waals surface area contributed by atoms with E-state index < -0.39 is 17.8 Å². The van der Waals surface area contributed by atoms with Gasteiger partial charge in [0.15, 0.2) is 18.0 Å². The topological polar surface area (TPSA) is 116 Å². The van der Waals surface area contributed by atoms with E-state index in [0.29, 0.717) is 11.3 Å². The molecule has 3 aromatic rings. The van der Waals surface area contributed by atoms with Gasteiger partial charge in [0, 0.05) is 30.5 Å². The van der Waals surface area contributed by atoms with Crippen LogP contribution in [0.5, 0.6) is 0 Å². The van der Waals surface area contributed by atoms with E-state index in [1.165, 1.54) is 30.6 Å². The third kappa shape index (κ3) is 4.05. The van der Waals surface area contributed by atoms with E-state index in [4.69, 9.17) is 10.5 Å². The van der Waals surface area contributed by atoms with Gasteiger partial charge in [0.1, 0.15) is 17.0 Å². The van der Waals surface area contributed by atoms with Crippen LogP contribution < -0.4 is 10.6 Å². The first-order valence-corrected chi connectivity index (χ1v) is 9.22. The highest BCUT2D eigenvalue weighted by Crippen LogP contribution is 2.25. The number of carbonyl (C=O) groups is 1. The van der Waals surface area contributed by atoms with Crippen molar-refractivity contribution in [1.82, 2.24) is 19.3 Å². The molecule has 1 unspecified atom stereocenters. The highest BCUT2D eigenvalue weighted by atomic mass is 32.2. The van der Waals surface area contributed by atoms with Gasteiger partial charge >= 0.3 is 0 Å². The number of carbonyl (C=O) groups excluding carboxylic acids is 1. The van der Waals surface area contributed by atoms with Gasteiger partial charge < -0.3 is 15.7 Å². The monoisotopic (exact) mass is 420 g/mol. The van der Waals surface area contributed by atoms with Crippen molar-refractivity contribution in [2.24, 2.45) is 0 Å². The molecule has 3 rings (SSSR count). The summed E-state index contributed by atoms with van der Waals surface area (Å²) in [6.07, 6.45) is 2.54. The molecule has 0 bridgehead atoms. The van der Waals surface area contributed by atoms with Gasteiger partial charge in [-0.05, 0) is 25.1 Å². The number of hydrogen-bond donors (Lipinski definition) is 4. The Kier molecular flexibility index (Phi) is 6.09. The molecule has 1 amide bonds. The summed E-state index contributed by atoms with van der Waals surface area (Å²) >= 11 is -0.141. The van der Waals surface area contributed by atoms with Gasteiger partial charge in [0.2, 0.25) is 0 Å². The van der Waals surface area contributed by atoms with Gasteiger partial charge in [-0.25, -0.2) is 18.3 Å². The minimum atomic E-state index is -0.556. The van der Waals surface area contributed by atoms with Gasteiger partial charge in [-0.2, -0.15) is 0 Å². The number of aliphatic hydroxyl groups is 1. The summed E-state index contributed by atoms with van der Waals surface area (Å²) in [7, 11) is 1.60. The number of halogens is 2. The maximum Gasteiger partial charge on any atom is 0.255 e. The van der Waals surface area contributed by atoms with E-state index in [1.807, 2.05) is 0 Å². The molecule has 4 N–H and O–H groups in total. The van der Waals surface area contributed by atoms with Gasteiger partial charge in [0.05, 0.1) is 24.1 Å². The molecule has 152 valence electrons. The fourth-order valence-corrected chi connectivity index (χ4v) is 3.07. The molecule has 0 aliphatic carbocycles. The van der Waals surface area contributed by atoms with E-state index in [2.05, 4.69) is 20.6 Å². The summed E-state index contributed by atoms with van der Waals surface area (Å²) in [6.45, 7) is 1.35. The predicted molar refractivity (Wildman–Crippen MR) is 108 cm³/mol. The molecule has 0 aliphatic rings. The number of hydrogen-bond acceptors (Lipinski definition) is 7. The standard InChI is InChI=1S/C18H18F2N6O2S/c1-9(8-27)24-18(28)12-7-26(29-20)17-16(12)25-14(6-23-17)15(21)11-4-3-10(19)5-13(11)22-2/h3-7,9,21-22,27H,8H2,1-2H3,(H,24,28). The lowest BCUT2D eigenvalue weighted by Crippen LogP contribution is -2.35. The lowest BCUT2D eigenvalue weighted by atomic mass is 10.1. The largest absolute Gasteiger partial charge is 0.394 e. The van der Waals surface area contributed by atoms with Gasteiger partial charge in [-0.15, -0.1) is 3.89 Å². The summed E-state index contributed by atoms with van der Waals surface area (Å²) < 4.78 is 27.8. The Hall–Kier alpha value is -3.05. The van der Waals surface area contributed by atoms with Crippen molar-refractivity contribution in [2.45, 2.75) is 13.0 Å². The van der Waals surface area contributed by atoms with E-state index >= 15 is 0 Å². The molecule has 8 nitrogen and oxygen atoms in total. The molecule has 0 aliphatic heterocycles. The second-order valence-corrected chi connectivity index (χ2v) is 6.77. The molecule has 1 atom stereocenters. The second kappa shape index (κ2) is 8.53. The van der Waals surface area contributed by atoms with Crippen molar-refractivity contribution in [3.05, 3.63) is 53.2 Å². The Balaban J connectivity index is 2.08. The minimum absolute atomic E-state index is 0.0421. The molecule has 0 spiro atoms. The van der Waals surface area contributed by atoms with E-state index in [-0.39, 0.29) is 47.1 Å². The fraction of sp³-hybridized carbons (Fsp3) is 0.222. The zero-order valence-corrected chi connectivity index (χ0v) is 16.3. The zero-order valence-electron chi connectivity index (χ0n) is 15.5. The van der Waals surface area contributed by atoms with Crippen LogP contribution >= 0.6 is 12.3 Å². The number of rotatable bonds is 7. The number of anilines is 1. The third-order valence-electron chi connectivity index (χ3n) is 4.21. The molecule has 0 fully saturated rings. The first-order chi connectivity index (χ1) is 13.9. The average molecular weight is 420 g/mol. The van der Waals surface area contributed by atoms with E-state index in [0.717, 1.165) is 3.97 Å². The van der Waals surface area contributed by atoms with E-state index in [1.54, 1.807) is 14.0 Å². The lowest BCUT2D eigenvalue weighted by molar-refractivity contribution is 0.0924. The summed E-state index contributed by atoms with van der Waals surface area (Å²) in [4.78, 5) is 21.0. The predicted octanol–water partition coefficient (Wildman–Crippen LogP) is 2.52. The Morgan fingerprint density at radius 2 is 2.17 bits per heavy atom. The van der Waals surface area contributed by atoms with Crippen LogP contribution in [-0.4, -0.2) is 50.4 Å². The molecule has 0 radical (unpaired) electrons. The van der Waals surface area contributed by atoms with Crippen LogP contribution in [0.3, 0.4) is 0 Å². The Bertz CT molecular complexity index is 1090. The first kappa shape index (κ1) is 20.7. The highest BCUT2D eigenvalue weighted by Gasteiger charge is 2.21. The summed E-state index contributed by atoms with van der Waals surface area (Å²) in [5, 5.41) is 23.0. The Morgan fingerprint density at radius 3 is 2.83 bits per heavy atom. The molecule has 0 saturated carbocycles. The van der Waals surface area contributed by atoms with Crippen LogP contribution in [0, 0.1) is 11.2 Å². The second-order valence-electron chi connectivity index (χ2n) is 6.24. The maximum atomic E-state index is 13.5. The van der Waals surface area contributed by atoms with Crippen LogP contribution in [-0.2, 0) is 0 Å². The Morgan fingerprint density at radius 1 is 1.41 bits per heavy atom. The zero-order chi connectivity index (χ0) is 21.1. The van der Waals surface area contributed by atoms with Gasteiger partial charge in [0.25, 0.3) is 5.91 Å². The van der Waals surface area contributed by atoms with Crippen LogP contribution in [0.4, 0.5) is 14.0 Å².